The number of aromatic nitrogens is 1. The van der Waals surface area contributed by atoms with Gasteiger partial charge < -0.3 is 19.1 Å². The van der Waals surface area contributed by atoms with E-state index in [0.717, 1.165) is 54.5 Å². The van der Waals surface area contributed by atoms with Crippen molar-refractivity contribution < 1.29 is 9.53 Å². The van der Waals surface area contributed by atoms with Crippen LogP contribution in [0.25, 0.3) is 16.9 Å². The number of likely N-dealkylation sites (N-methyl/N-ethyl adjacent to an activating group) is 1. The molecule has 1 saturated heterocycles. The van der Waals surface area contributed by atoms with Crippen molar-refractivity contribution >= 4 is 23.3 Å². The Morgan fingerprint density at radius 3 is 2.19 bits per heavy atom. The summed E-state index contributed by atoms with van der Waals surface area (Å²) < 4.78 is 7.71. The molecule has 0 unspecified atom stereocenters. The Bertz CT molecular complexity index is 1100. The van der Waals surface area contributed by atoms with E-state index in [4.69, 9.17) is 16.3 Å². The number of nitrogens with zero attached hydrogens (tertiary/aromatic N) is 3. The number of carbonyl (C=O) groups excluding carboxylic acids is 1. The second kappa shape index (κ2) is 9.39. The second-order valence-corrected chi connectivity index (χ2v) is 8.78. The first kappa shape index (κ1) is 22.4. The lowest BCUT2D eigenvalue weighted by Gasteiger charge is -2.35. The quantitative estimate of drug-likeness (QED) is 0.490. The molecule has 0 saturated carbocycles. The number of ether oxygens (including phenoxy) is 1. The van der Waals surface area contributed by atoms with Gasteiger partial charge in [0.15, 0.2) is 0 Å². The fraction of sp³-hybridized carbons (Fsp3) is 0.346. The van der Waals surface area contributed by atoms with Crippen LogP contribution in [0, 0.1) is 13.8 Å². The SMILES string of the molecule is CCOC(=O)c1c(N2CCN(C)CC2)c(-c2ccc(Cl)cc2)n(-c2ccc(C)cc2)c1C. The lowest BCUT2D eigenvalue weighted by molar-refractivity contribution is 0.0526. The molecule has 0 atom stereocenters. The average Bonchev–Trinajstić information content (AvgIpc) is 3.08. The molecule has 0 bridgehead atoms. The van der Waals surface area contributed by atoms with Crippen molar-refractivity contribution in [2.45, 2.75) is 20.8 Å². The maximum atomic E-state index is 13.2. The van der Waals surface area contributed by atoms with Crippen LogP contribution in [0.4, 0.5) is 5.69 Å². The molecule has 2 heterocycles. The molecule has 3 aromatic rings. The molecule has 0 amide bonds. The van der Waals surface area contributed by atoms with Crippen LogP contribution in [0.15, 0.2) is 48.5 Å². The van der Waals surface area contributed by atoms with Gasteiger partial charge in [-0.3, -0.25) is 0 Å². The minimum absolute atomic E-state index is 0.278. The molecule has 2 aromatic carbocycles. The zero-order valence-corrected chi connectivity index (χ0v) is 19.9. The lowest BCUT2D eigenvalue weighted by atomic mass is 10.1. The van der Waals surface area contributed by atoms with Crippen molar-refractivity contribution in [2.24, 2.45) is 0 Å². The van der Waals surface area contributed by atoms with E-state index >= 15 is 0 Å². The van der Waals surface area contributed by atoms with Crippen molar-refractivity contribution in [3.8, 4) is 16.9 Å². The molecule has 1 aliphatic rings. The smallest absolute Gasteiger partial charge is 0.342 e. The zero-order chi connectivity index (χ0) is 22.8. The van der Waals surface area contributed by atoms with Crippen LogP contribution in [0.3, 0.4) is 0 Å². The first-order chi connectivity index (χ1) is 15.4. The van der Waals surface area contributed by atoms with Crippen LogP contribution in [0.5, 0.6) is 0 Å². The summed E-state index contributed by atoms with van der Waals surface area (Å²) in [6.07, 6.45) is 0. The number of esters is 1. The molecule has 5 nitrogen and oxygen atoms in total. The Morgan fingerprint density at radius 2 is 1.59 bits per heavy atom. The Kier molecular flexibility index (Phi) is 6.58. The summed E-state index contributed by atoms with van der Waals surface area (Å²) in [5, 5.41) is 0.686. The highest BCUT2D eigenvalue weighted by atomic mass is 35.5. The summed E-state index contributed by atoms with van der Waals surface area (Å²) in [5.41, 5.74) is 6.68. The molecule has 1 aliphatic heterocycles. The standard InChI is InChI=1S/C26H30ClN3O2/c1-5-32-26(31)23-19(3)30(22-12-6-18(2)7-13-22)24(20-8-10-21(27)11-9-20)25(23)29-16-14-28(4)15-17-29/h6-13H,5,14-17H2,1-4H3. The highest BCUT2D eigenvalue weighted by molar-refractivity contribution is 6.30. The third kappa shape index (κ3) is 4.27. The monoisotopic (exact) mass is 451 g/mol. The predicted molar refractivity (Wildman–Crippen MR) is 131 cm³/mol. The number of halogens is 1. The number of piperazine rings is 1. The molecule has 0 spiro atoms. The average molecular weight is 452 g/mol. The normalized spacial score (nSPS) is 14.6. The van der Waals surface area contributed by atoms with Gasteiger partial charge in [0.05, 0.1) is 18.0 Å². The van der Waals surface area contributed by atoms with Gasteiger partial charge in [-0.05, 0) is 52.1 Å². The fourth-order valence-corrected chi connectivity index (χ4v) is 4.48. The third-order valence-corrected chi connectivity index (χ3v) is 6.34. The number of carbonyl (C=O) groups is 1. The molecule has 1 aromatic heterocycles. The molecule has 4 rings (SSSR count). The number of benzene rings is 2. The Labute approximate surface area is 195 Å². The van der Waals surface area contributed by atoms with Crippen molar-refractivity contribution in [2.75, 3.05) is 44.7 Å². The first-order valence-electron chi connectivity index (χ1n) is 11.1. The van der Waals surface area contributed by atoms with Crippen LogP contribution in [0.1, 0.15) is 28.5 Å². The van der Waals surface area contributed by atoms with E-state index in [1.54, 1.807) is 0 Å². The molecule has 0 N–H and O–H groups in total. The summed E-state index contributed by atoms with van der Waals surface area (Å²) in [6.45, 7) is 9.85. The van der Waals surface area contributed by atoms with Crippen molar-refractivity contribution in [3.63, 3.8) is 0 Å². The number of aryl methyl sites for hydroxylation is 1. The number of hydrogen-bond acceptors (Lipinski definition) is 4. The van der Waals surface area contributed by atoms with Crippen LogP contribution in [-0.2, 0) is 4.74 Å². The van der Waals surface area contributed by atoms with E-state index in [9.17, 15) is 4.79 Å². The highest BCUT2D eigenvalue weighted by Gasteiger charge is 2.32. The Hall–Kier alpha value is -2.76. The van der Waals surface area contributed by atoms with Gasteiger partial charge in [-0.25, -0.2) is 4.79 Å². The largest absolute Gasteiger partial charge is 0.462 e. The van der Waals surface area contributed by atoms with Crippen LogP contribution in [-0.4, -0.2) is 55.3 Å². The van der Waals surface area contributed by atoms with Gasteiger partial charge in [0.2, 0.25) is 0 Å². The topological polar surface area (TPSA) is 37.7 Å². The minimum atomic E-state index is -0.278. The van der Waals surface area contributed by atoms with Gasteiger partial charge in [0, 0.05) is 48.1 Å². The third-order valence-electron chi connectivity index (χ3n) is 6.09. The summed E-state index contributed by atoms with van der Waals surface area (Å²) in [6, 6.07) is 16.2. The summed E-state index contributed by atoms with van der Waals surface area (Å²) in [4.78, 5) is 17.9. The van der Waals surface area contributed by atoms with Gasteiger partial charge in [-0.15, -0.1) is 0 Å². The summed E-state index contributed by atoms with van der Waals surface area (Å²) in [7, 11) is 2.13. The maximum absolute atomic E-state index is 13.2. The minimum Gasteiger partial charge on any atom is -0.462 e. The lowest BCUT2D eigenvalue weighted by Crippen LogP contribution is -2.45. The van der Waals surface area contributed by atoms with E-state index in [0.29, 0.717) is 17.2 Å². The molecular weight excluding hydrogens is 422 g/mol. The van der Waals surface area contributed by atoms with Crippen LogP contribution in [0.2, 0.25) is 5.02 Å². The van der Waals surface area contributed by atoms with E-state index < -0.39 is 0 Å². The van der Waals surface area contributed by atoms with E-state index in [1.165, 1.54) is 5.56 Å². The van der Waals surface area contributed by atoms with Crippen molar-refractivity contribution in [3.05, 3.63) is 70.4 Å². The molecule has 0 aliphatic carbocycles. The van der Waals surface area contributed by atoms with Crippen molar-refractivity contribution in [1.82, 2.24) is 9.47 Å². The number of hydrogen-bond donors (Lipinski definition) is 0. The first-order valence-corrected chi connectivity index (χ1v) is 11.5. The van der Waals surface area contributed by atoms with E-state index in [1.807, 2.05) is 38.1 Å². The zero-order valence-electron chi connectivity index (χ0n) is 19.2. The van der Waals surface area contributed by atoms with E-state index in [-0.39, 0.29) is 5.97 Å². The molecular formula is C26H30ClN3O2. The Morgan fingerprint density at radius 1 is 0.969 bits per heavy atom. The number of anilines is 1. The van der Waals surface area contributed by atoms with Gasteiger partial charge >= 0.3 is 5.97 Å². The summed E-state index contributed by atoms with van der Waals surface area (Å²) in [5.74, 6) is -0.278. The number of rotatable bonds is 5. The van der Waals surface area contributed by atoms with Crippen molar-refractivity contribution in [1.29, 1.82) is 0 Å². The van der Waals surface area contributed by atoms with Gasteiger partial charge in [0.1, 0.15) is 5.56 Å². The second-order valence-electron chi connectivity index (χ2n) is 8.35. The Balaban J connectivity index is 2.02. The predicted octanol–water partition coefficient (Wildman–Crippen LogP) is 5.34. The molecule has 1 fully saturated rings. The van der Waals surface area contributed by atoms with E-state index in [2.05, 4.69) is 52.6 Å². The molecule has 0 radical (unpaired) electrons. The van der Waals surface area contributed by atoms with Gasteiger partial charge in [-0.1, -0.05) is 41.4 Å². The molecule has 32 heavy (non-hydrogen) atoms. The van der Waals surface area contributed by atoms with Crippen LogP contribution < -0.4 is 4.90 Å². The van der Waals surface area contributed by atoms with Gasteiger partial charge in [0.25, 0.3) is 0 Å². The van der Waals surface area contributed by atoms with Gasteiger partial charge in [-0.2, -0.15) is 0 Å². The highest BCUT2D eigenvalue weighted by Crippen LogP contribution is 2.42. The molecule has 168 valence electrons. The van der Waals surface area contributed by atoms with Crippen LogP contribution >= 0.6 is 11.6 Å². The molecule has 6 heteroatoms. The fourth-order valence-electron chi connectivity index (χ4n) is 4.35. The summed E-state index contributed by atoms with van der Waals surface area (Å²) >= 11 is 6.21. The maximum Gasteiger partial charge on any atom is 0.342 e.